The van der Waals surface area contributed by atoms with Crippen molar-refractivity contribution in [3.63, 3.8) is 0 Å². The van der Waals surface area contributed by atoms with Gasteiger partial charge in [0.1, 0.15) is 0 Å². The minimum absolute atomic E-state index is 0.311. The summed E-state index contributed by atoms with van der Waals surface area (Å²) < 4.78 is 5.26. The van der Waals surface area contributed by atoms with Crippen LogP contribution in [-0.2, 0) is 9.53 Å². The van der Waals surface area contributed by atoms with Gasteiger partial charge in [0.15, 0.2) is 0 Å². The van der Waals surface area contributed by atoms with Crippen molar-refractivity contribution in [1.82, 2.24) is 10.2 Å². The molecule has 2 atom stereocenters. The maximum absolute atomic E-state index is 12.2. The predicted molar refractivity (Wildman–Crippen MR) is 55.4 cm³/mol. The lowest BCUT2D eigenvalue weighted by atomic mass is 10.0. The number of rotatable bonds is 1. The van der Waals surface area contributed by atoms with E-state index < -0.39 is 0 Å². The van der Waals surface area contributed by atoms with E-state index in [1.165, 1.54) is 6.42 Å². The van der Waals surface area contributed by atoms with E-state index in [4.69, 9.17) is 4.74 Å². The first kappa shape index (κ1) is 9.60. The Bertz CT molecular complexity index is 268. The molecule has 1 amide bonds. The Morgan fingerprint density at radius 1 is 1.40 bits per heavy atom. The normalized spacial score (nSPS) is 39.7. The summed E-state index contributed by atoms with van der Waals surface area (Å²) in [6.07, 6.45) is 2.30. The van der Waals surface area contributed by atoms with Crippen molar-refractivity contribution in [2.45, 2.75) is 12.8 Å². The Balaban J connectivity index is 1.61. The van der Waals surface area contributed by atoms with Gasteiger partial charge in [0, 0.05) is 25.6 Å². The van der Waals surface area contributed by atoms with Crippen molar-refractivity contribution in [3.05, 3.63) is 0 Å². The SMILES string of the molecule is O=C([C@H]1C[C@@]12CCNC2)N1CCOCC1. The van der Waals surface area contributed by atoms with Crippen molar-refractivity contribution < 1.29 is 9.53 Å². The number of amides is 1. The van der Waals surface area contributed by atoms with Crippen LogP contribution in [0.2, 0.25) is 0 Å². The van der Waals surface area contributed by atoms with E-state index in [0.717, 1.165) is 32.6 Å². The first-order valence-electron chi connectivity index (χ1n) is 5.89. The van der Waals surface area contributed by atoms with E-state index in [0.29, 0.717) is 30.5 Å². The minimum atomic E-state index is 0.311. The first-order valence-corrected chi connectivity index (χ1v) is 5.89. The second-order valence-electron chi connectivity index (χ2n) is 4.98. The van der Waals surface area contributed by atoms with Crippen molar-refractivity contribution in [2.24, 2.45) is 11.3 Å². The lowest BCUT2D eigenvalue weighted by Gasteiger charge is -2.27. The molecule has 3 fully saturated rings. The lowest BCUT2D eigenvalue weighted by molar-refractivity contribution is -0.137. The van der Waals surface area contributed by atoms with Gasteiger partial charge in [-0.15, -0.1) is 0 Å². The van der Waals surface area contributed by atoms with Crippen LogP contribution in [0.25, 0.3) is 0 Å². The number of carbonyl (C=O) groups is 1. The third-order valence-corrected chi connectivity index (χ3v) is 4.09. The Kier molecular flexibility index (Phi) is 2.21. The molecule has 0 aromatic carbocycles. The maximum Gasteiger partial charge on any atom is 0.226 e. The zero-order chi connectivity index (χ0) is 10.3. The van der Waals surface area contributed by atoms with Gasteiger partial charge in [-0.3, -0.25) is 4.79 Å². The molecule has 1 saturated carbocycles. The highest BCUT2D eigenvalue weighted by Gasteiger charge is 2.59. The Hall–Kier alpha value is -0.610. The molecular formula is C11H18N2O2. The Labute approximate surface area is 90.0 Å². The molecule has 2 aliphatic heterocycles. The van der Waals surface area contributed by atoms with Crippen LogP contribution < -0.4 is 5.32 Å². The Morgan fingerprint density at radius 3 is 2.87 bits per heavy atom. The first-order chi connectivity index (χ1) is 7.32. The van der Waals surface area contributed by atoms with E-state index in [2.05, 4.69) is 5.32 Å². The van der Waals surface area contributed by atoms with Crippen LogP contribution in [-0.4, -0.2) is 50.2 Å². The number of nitrogens with zero attached hydrogens (tertiary/aromatic N) is 1. The van der Waals surface area contributed by atoms with Crippen molar-refractivity contribution >= 4 is 5.91 Å². The topological polar surface area (TPSA) is 41.6 Å². The van der Waals surface area contributed by atoms with Crippen molar-refractivity contribution in [1.29, 1.82) is 0 Å². The van der Waals surface area contributed by atoms with Crippen LogP contribution in [0.3, 0.4) is 0 Å². The summed E-state index contributed by atoms with van der Waals surface area (Å²) in [5, 5.41) is 3.37. The monoisotopic (exact) mass is 210 g/mol. The number of ether oxygens (including phenoxy) is 1. The summed E-state index contributed by atoms with van der Waals surface area (Å²) in [5.41, 5.74) is 0.343. The van der Waals surface area contributed by atoms with Gasteiger partial charge in [0.25, 0.3) is 0 Å². The van der Waals surface area contributed by atoms with Gasteiger partial charge in [-0.25, -0.2) is 0 Å². The quantitative estimate of drug-likeness (QED) is 0.654. The zero-order valence-electron chi connectivity index (χ0n) is 9.00. The van der Waals surface area contributed by atoms with Crippen molar-refractivity contribution in [3.8, 4) is 0 Å². The van der Waals surface area contributed by atoms with Crippen LogP contribution in [0.15, 0.2) is 0 Å². The number of hydrogen-bond donors (Lipinski definition) is 1. The summed E-state index contributed by atoms with van der Waals surface area (Å²) in [6.45, 7) is 5.14. The van der Waals surface area contributed by atoms with E-state index in [1.807, 2.05) is 4.90 Å². The number of nitrogens with one attached hydrogen (secondary N) is 1. The third kappa shape index (κ3) is 1.56. The highest BCUT2D eigenvalue weighted by Crippen LogP contribution is 2.57. The summed E-state index contributed by atoms with van der Waals surface area (Å²) in [4.78, 5) is 14.2. The molecule has 0 bridgehead atoms. The molecule has 1 N–H and O–H groups in total. The van der Waals surface area contributed by atoms with Crippen LogP contribution in [0.5, 0.6) is 0 Å². The summed E-state index contributed by atoms with van der Waals surface area (Å²) >= 11 is 0. The molecule has 84 valence electrons. The van der Waals surface area contributed by atoms with E-state index in [-0.39, 0.29) is 0 Å². The molecule has 4 heteroatoms. The zero-order valence-corrected chi connectivity index (χ0v) is 9.00. The standard InChI is InChI=1S/C11H18N2O2/c14-10(13-3-5-15-6-4-13)9-7-11(9)1-2-12-8-11/h9,12H,1-8H2/t9-,11-/m1/s1. The highest BCUT2D eigenvalue weighted by atomic mass is 16.5. The average molecular weight is 210 g/mol. The van der Waals surface area contributed by atoms with Crippen LogP contribution in [0, 0.1) is 11.3 Å². The van der Waals surface area contributed by atoms with E-state index in [9.17, 15) is 4.79 Å². The fraction of sp³-hybridized carbons (Fsp3) is 0.909. The fourth-order valence-electron chi connectivity index (χ4n) is 2.94. The summed E-state index contributed by atoms with van der Waals surface area (Å²) in [5.74, 6) is 0.688. The maximum atomic E-state index is 12.2. The van der Waals surface area contributed by atoms with Crippen LogP contribution >= 0.6 is 0 Å². The molecule has 0 aromatic rings. The molecule has 15 heavy (non-hydrogen) atoms. The van der Waals surface area contributed by atoms with E-state index in [1.54, 1.807) is 0 Å². The van der Waals surface area contributed by atoms with Gasteiger partial charge in [-0.05, 0) is 24.8 Å². The third-order valence-electron chi connectivity index (χ3n) is 4.09. The number of carbonyl (C=O) groups excluding carboxylic acids is 1. The highest BCUT2D eigenvalue weighted by molar-refractivity contribution is 5.83. The molecule has 1 spiro atoms. The Morgan fingerprint density at radius 2 is 2.20 bits per heavy atom. The molecule has 0 radical (unpaired) electrons. The predicted octanol–water partition coefficient (Wildman–Crippen LogP) is -0.155. The lowest BCUT2D eigenvalue weighted by Crippen LogP contribution is -2.42. The number of morpholine rings is 1. The average Bonchev–Trinajstić information content (AvgIpc) is 2.77. The van der Waals surface area contributed by atoms with Gasteiger partial charge in [0.2, 0.25) is 5.91 Å². The molecule has 4 nitrogen and oxygen atoms in total. The van der Waals surface area contributed by atoms with Crippen LogP contribution in [0.1, 0.15) is 12.8 Å². The molecule has 2 heterocycles. The molecular weight excluding hydrogens is 192 g/mol. The van der Waals surface area contributed by atoms with Gasteiger partial charge >= 0.3 is 0 Å². The molecule has 0 unspecified atom stereocenters. The van der Waals surface area contributed by atoms with Gasteiger partial charge in [-0.1, -0.05) is 0 Å². The second kappa shape index (κ2) is 3.46. The van der Waals surface area contributed by atoms with Gasteiger partial charge < -0.3 is 15.0 Å². The second-order valence-corrected chi connectivity index (χ2v) is 4.98. The molecule has 1 aliphatic carbocycles. The van der Waals surface area contributed by atoms with Gasteiger partial charge in [0.05, 0.1) is 13.2 Å². The minimum Gasteiger partial charge on any atom is -0.378 e. The molecule has 3 aliphatic rings. The summed E-state index contributed by atoms with van der Waals surface area (Å²) in [7, 11) is 0. The van der Waals surface area contributed by atoms with E-state index >= 15 is 0 Å². The molecule has 0 aromatic heterocycles. The summed E-state index contributed by atoms with van der Waals surface area (Å²) in [6, 6.07) is 0. The van der Waals surface area contributed by atoms with Gasteiger partial charge in [-0.2, -0.15) is 0 Å². The molecule has 2 saturated heterocycles. The number of hydrogen-bond acceptors (Lipinski definition) is 3. The van der Waals surface area contributed by atoms with Crippen molar-refractivity contribution in [2.75, 3.05) is 39.4 Å². The largest absolute Gasteiger partial charge is 0.378 e. The fourth-order valence-corrected chi connectivity index (χ4v) is 2.94. The smallest absolute Gasteiger partial charge is 0.226 e. The molecule has 3 rings (SSSR count). The van der Waals surface area contributed by atoms with Crippen LogP contribution in [0.4, 0.5) is 0 Å².